The third-order valence-electron chi connectivity index (χ3n) is 5.17. The molecule has 0 aromatic carbocycles. The Morgan fingerprint density at radius 1 is 1.25 bits per heavy atom. The number of hydrogen-bond donors (Lipinski definition) is 3. The van der Waals surface area contributed by atoms with E-state index in [1.807, 2.05) is 0 Å². The van der Waals surface area contributed by atoms with E-state index in [2.05, 4.69) is 49.2 Å². The number of ether oxygens (including phenoxy) is 3. The van der Waals surface area contributed by atoms with Crippen LogP contribution >= 0.6 is 0 Å². The summed E-state index contributed by atoms with van der Waals surface area (Å²) in [6, 6.07) is -1.05. The Morgan fingerprint density at radius 2 is 1.82 bits per heavy atom. The first-order valence-corrected chi connectivity index (χ1v) is 12.3. The SMILES string of the molecule is COC(=O)N[C@H](C(=O)NC(O)[C@H]1COC(C)(C)O1)[C@@H](C)O[Si](C)(C)C(C)(C)C. The lowest BCUT2D eigenvalue weighted by Crippen LogP contribution is -2.59. The molecule has 2 amide bonds. The summed E-state index contributed by atoms with van der Waals surface area (Å²) in [6.07, 6.45) is -3.41. The topological polar surface area (TPSA) is 115 Å². The van der Waals surface area contributed by atoms with E-state index in [1.54, 1.807) is 20.8 Å². The summed E-state index contributed by atoms with van der Waals surface area (Å²) in [6.45, 7) is 15.6. The molecule has 1 aliphatic rings. The van der Waals surface area contributed by atoms with E-state index in [1.165, 1.54) is 7.11 Å². The first kappa shape index (κ1) is 24.8. The van der Waals surface area contributed by atoms with Gasteiger partial charge in [0.1, 0.15) is 12.1 Å². The molecule has 0 radical (unpaired) electrons. The predicted molar refractivity (Wildman–Crippen MR) is 106 cm³/mol. The van der Waals surface area contributed by atoms with Crippen molar-refractivity contribution in [2.45, 2.75) is 89.9 Å². The molecule has 0 spiro atoms. The number of rotatable bonds is 7. The highest BCUT2D eigenvalue weighted by Gasteiger charge is 2.42. The molecule has 0 aromatic rings. The molecule has 1 heterocycles. The zero-order valence-electron chi connectivity index (χ0n) is 18.4. The number of methoxy groups -OCH3 is 1. The monoisotopic (exact) mass is 420 g/mol. The Morgan fingerprint density at radius 3 is 2.25 bits per heavy atom. The van der Waals surface area contributed by atoms with Crippen molar-refractivity contribution in [3.63, 3.8) is 0 Å². The Balaban J connectivity index is 2.87. The molecule has 0 saturated carbocycles. The molecular formula is C18H36N2O7Si. The lowest BCUT2D eigenvalue weighted by atomic mass is 10.1. The summed E-state index contributed by atoms with van der Waals surface area (Å²) in [5.74, 6) is -1.43. The maximum atomic E-state index is 12.8. The van der Waals surface area contributed by atoms with Gasteiger partial charge in [0.15, 0.2) is 20.3 Å². The van der Waals surface area contributed by atoms with Crippen LogP contribution in [0.3, 0.4) is 0 Å². The van der Waals surface area contributed by atoms with E-state index < -0.39 is 50.6 Å². The number of aliphatic hydroxyl groups is 1. The molecule has 9 nitrogen and oxygen atoms in total. The number of aliphatic hydroxyl groups excluding tert-OH is 1. The van der Waals surface area contributed by atoms with Crippen LogP contribution in [0.15, 0.2) is 0 Å². The number of alkyl carbamates (subject to hydrolysis) is 1. The fourth-order valence-electron chi connectivity index (χ4n) is 2.49. The van der Waals surface area contributed by atoms with Crippen molar-refractivity contribution in [1.82, 2.24) is 10.6 Å². The quantitative estimate of drug-likeness (QED) is 0.424. The van der Waals surface area contributed by atoms with Crippen LogP contribution in [0.5, 0.6) is 0 Å². The predicted octanol–water partition coefficient (Wildman–Crippen LogP) is 1.71. The third kappa shape index (κ3) is 6.70. The van der Waals surface area contributed by atoms with Crippen LogP contribution in [0.2, 0.25) is 18.1 Å². The molecule has 0 aliphatic carbocycles. The standard InChI is InChI=1S/C18H36N2O7Si/c1-11(27-28(8,9)17(2,3)4)13(19-16(23)24-7)15(22)20-14(21)12-10-25-18(5,6)26-12/h11-14,21H,10H2,1-9H3,(H,19,23)(H,20,22)/t11-,12-,13+,14?/m1/s1. The minimum absolute atomic E-state index is 0.0757. The summed E-state index contributed by atoms with van der Waals surface area (Å²) in [5, 5.41) is 15.2. The first-order valence-electron chi connectivity index (χ1n) is 9.42. The van der Waals surface area contributed by atoms with Crippen LogP contribution in [0.1, 0.15) is 41.5 Å². The summed E-state index contributed by atoms with van der Waals surface area (Å²) in [5.41, 5.74) is 0. The van der Waals surface area contributed by atoms with Crippen molar-refractivity contribution in [3.05, 3.63) is 0 Å². The maximum Gasteiger partial charge on any atom is 0.407 e. The van der Waals surface area contributed by atoms with Crippen LogP contribution < -0.4 is 10.6 Å². The fourth-order valence-corrected chi connectivity index (χ4v) is 3.91. The zero-order valence-corrected chi connectivity index (χ0v) is 19.4. The van der Waals surface area contributed by atoms with Gasteiger partial charge in [-0.2, -0.15) is 0 Å². The molecule has 28 heavy (non-hydrogen) atoms. The third-order valence-corrected chi connectivity index (χ3v) is 9.74. The van der Waals surface area contributed by atoms with Gasteiger partial charge >= 0.3 is 6.09 Å². The highest BCUT2D eigenvalue weighted by Crippen LogP contribution is 2.37. The van der Waals surface area contributed by atoms with E-state index in [4.69, 9.17) is 13.9 Å². The highest BCUT2D eigenvalue weighted by atomic mass is 28.4. The molecule has 1 saturated heterocycles. The van der Waals surface area contributed by atoms with Crippen molar-refractivity contribution >= 4 is 20.3 Å². The maximum absolute atomic E-state index is 12.8. The zero-order chi connectivity index (χ0) is 21.9. The molecule has 164 valence electrons. The van der Waals surface area contributed by atoms with Crippen molar-refractivity contribution in [2.24, 2.45) is 0 Å². The van der Waals surface area contributed by atoms with Gasteiger partial charge in [-0.3, -0.25) is 4.79 Å². The van der Waals surface area contributed by atoms with Gasteiger partial charge in [-0.25, -0.2) is 4.79 Å². The minimum atomic E-state index is -2.20. The van der Waals surface area contributed by atoms with Crippen LogP contribution in [0, 0.1) is 0 Å². The molecule has 0 bridgehead atoms. The number of nitrogens with one attached hydrogen (secondary N) is 2. The van der Waals surface area contributed by atoms with E-state index in [9.17, 15) is 14.7 Å². The van der Waals surface area contributed by atoms with Crippen LogP contribution in [-0.4, -0.2) is 69.4 Å². The lowest BCUT2D eigenvalue weighted by molar-refractivity contribution is -0.157. The normalized spacial score (nSPS) is 22.9. The fraction of sp³-hybridized carbons (Fsp3) is 0.889. The van der Waals surface area contributed by atoms with E-state index in [0.717, 1.165) is 0 Å². The number of amides is 2. The largest absolute Gasteiger partial charge is 0.453 e. The van der Waals surface area contributed by atoms with Gasteiger partial charge in [-0.05, 0) is 38.9 Å². The Bertz CT molecular complexity index is 563. The van der Waals surface area contributed by atoms with Gasteiger partial charge < -0.3 is 34.4 Å². The minimum Gasteiger partial charge on any atom is -0.453 e. The Labute approximate surface area is 168 Å². The van der Waals surface area contributed by atoms with E-state index in [-0.39, 0.29) is 11.6 Å². The van der Waals surface area contributed by atoms with Crippen LogP contribution in [0.25, 0.3) is 0 Å². The second kappa shape index (κ2) is 9.08. The average Bonchev–Trinajstić information content (AvgIpc) is 2.90. The highest BCUT2D eigenvalue weighted by molar-refractivity contribution is 6.74. The molecule has 0 aromatic heterocycles. The average molecular weight is 421 g/mol. The molecule has 4 atom stereocenters. The first-order chi connectivity index (χ1) is 12.6. The molecule has 1 fully saturated rings. The second-order valence-corrected chi connectivity index (χ2v) is 13.8. The van der Waals surface area contributed by atoms with E-state index >= 15 is 0 Å². The smallest absolute Gasteiger partial charge is 0.407 e. The molecule has 1 rings (SSSR count). The Hall–Kier alpha value is -1.20. The molecule has 10 heteroatoms. The molecule has 1 unspecified atom stereocenters. The van der Waals surface area contributed by atoms with E-state index in [0.29, 0.717) is 0 Å². The number of carbonyl (C=O) groups excluding carboxylic acids is 2. The van der Waals surface area contributed by atoms with Crippen molar-refractivity contribution < 1.29 is 33.3 Å². The lowest BCUT2D eigenvalue weighted by Gasteiger charge is -2.40. The van der Waals surface area contributed by atoms with Gasteiger partial charge in [0, 0.05) is 0 Å². The molecule has 1 aliphatic heterocycles. The number of hydrogen-bond acceptors (Lipinski definition) is 7. The van der Waals surface area contributed by atoms with Gasteiger partial charge in [0.05, 0.1) is 19.8 Å². The summed E-state index contributed by atoms with van der Waals surface area (Å²) >= 11 is 0. The summed E-state index contributed by atoms with van der Waals surface area (Å²) < 4.78 is 21.8. The molecular weight excluding hydrogens is 384 g/mol. The van der Waals surface area contributed by atoms with Gasteiger partial charge in [-0.15, -0.1) is 0 Å². The molecule has 3 N–H and O–H groups in total. The Kier molecular flexibility index (Phi) is 8.05. The van der Waals surface area contributed by atoms with Gasteiger partial charge in [0.2, 0.25) is 5.91 Å². The van der Waals surface area contributed by atoms with Gasteiger partial charge in [-0.1, -0.05) is 20.8 Å². The van der Waals surface area contributed by atoms with Crippen molar-refractivity contribution in [3.8, 4) is 0 Å². The van der Waals surface area contributed by atoms with Crippen LogP contribution in [0.4, 0.5) is 4.79 Å². The number of carbonyl (C=O) groups is 2. The van der Waals surface area contributed by atoms with Crippen LogP contribution in [-0.2, 0) is 23.4 Å². The summed E-state index contributed by atoms with van der Waals surface area (Å²) in [7, 11) is -0.989. The second-order valence-electron chi connectivity index (χ2n) is 9.02. The van der Waals surface area contributed by atoms with Crippen molar-refractivity contribution in [2.75, 3.05) is 13.7 Å². The van der Waals surface area contributed by atoms with Crippen molar-refractivity contribution in [1.29, 1.82) is 0 Å². The van der Waals surface area contributed by atoms with Gasteiger partial charge in [0.25, 0.3) is 0 Å². The summed E-state index contributed by atoms with van der Waals surface area (Å²) in [4.78, 5) is 24.6.